The van der Waals surface area contributed by atoms with E-state index in [1.807, 2.05) is 6.92 Å². The van der Waals surface area contributed by atoms with Crippen molar-refractivity contribution in [1.82, 2.24) is 4.90 Å². The van der Waals surface area contributed by atoms with Crippen LogP contribution in [0.4, 0.5) is 0 Å². The van der Waals surface area contributed by atoms with E-state index < -0.39 is 13.0 Å². The van der Waals surface area contributed by atoms with Crippen LogP contribution < -0.4 is 5.73 Å². The molecule has 4 nitrogen and oxygen atoms in total. The van der Waals surface area contributed by atoms with Crippen molar-refractivity contribution in [3.05, 3.63) is 0 Å². The Kier molecular flexibility index (Phi) is 3.95. The third-order valence-corrected chi connectivity index (χ3v) is 2.90. The molecule has 1 fully saturated rings. The lowest BCUT2D eigenvalue weighted by atomic mass is 9.62. The number of nitrogens with two attached hydrogens (primary N) is 1. The summed E-state index contributed by atoms with van der Waals surface area (Å²) >= 11 is 0. The van der Waals surface area contributed by atoms with Crippen molar-refractivity contribution < 1.29 is 9.82 Å². The average molecular weight is 198 g/mol. The maximum atomic E-state index is 11.8. The van der Waals surface area contributed by atoms with Gasteiger partial charge < -0.3 is 15.7 Å². The molecule has 0 saturated carbocycles. The average Bonchev–Trinajstić information content (AvgIpc) is 2.63. The van der Waals surface area contributed by atoms with E-state index >= 15 is 0 Å². The highest BCUT2D eigenvalue weighted by atomic mass is 16.2. The standard InChI is InChI=1S/C9H19BN2O2/c1-3-7(11)9(13)12-6-4-5-8(12)10(2)14/h7-8,14H,3-6,11H2,1-2H3/t7-,8-/m0/s1. The Labute approximate surface area is 85.6 Å². The number of carbonyl (C=O) groups excluding carboxylic acids is 1. The zero-order valence-electron chi connectivity index (χ0n) is 8.94. The fourth-order valence-electron chi connectivity index (χ4n) is 1.96. The first kappa shape index (κ1) is 11.5. The minimum atomic E-state index is -0.453. The molecule has 2 atom stereocenters. The normalized spacial score (nSPS) is 23.7. The summed E-state index contributed by atoms with van der Waals surface area (Å²) < 4.78 is 0. The Morgan fingerprint density at radius 1 is 1.79 bits per heavy atom. The van der Waals surface area contributed by atoms with Gasteiger partial charge in [0.2, 0.25) is 5.91 Å². The van der Waals surface area contributed by atoms with Crippen LogP contribution in [-0.2, 0) is 4.79 Å². The second-order valence-corrected chi connectivity index (χ2v) is 4.00. The number of amides is 1. The summed E-state index contributed by atoms with van der Waals surface area (Å²) in [5, 5.41) is 9.49. The van der Waals surface area contributed by atoms with Crippen LogP contribution in [0.5, 0.6) is 0 Å². The molecular weight excluding hydrogens is 179 g/mol. The Balaban J connectivity index is 2.62. The van der Waals surface area contributed by atoms with Crippen LogP contribution in [0.25, 0.3) is 0 Å². The number of hydrogen-bond donors (Lipinski definition) is 2. The molecule has 80 valence electrons. The quantitative estimate of drug-likeness (QED) is 0.620. The number of nitrogens with zero attached hydrogens (tertiary/aromatic N) is 1. The highest BCUT2D eigenvalue weighted by Crippen LogP contribution is 2.19. The van der Waals surface area contributed by atoms with Gasteiger partial charge in [0.05, 0.1) is 6.04 Å². The SMILES string of the molecule is CC[C@H](N)C(=O)N1CCC[C@H]1B(C)O. The maximum Gasteiger partial charge on any atom is 0.309 e. The first-order valence-electron chi connectivity index (χ1n) is 5.32. The van der Waals surface area contributed by atoms with E-state index in [1.54, 1.807) is 11.7 Å². The zero-order chi connectivity index (χ0) is 10.7. The van der Waals surface area contributed by atoms with E-state index in [2.05, 4.69) is 0 Å². The molecule has 1 rings (SSSR count). The lowest BCUT2D eigenvalue weighted by Crippen LogP contribution is -2.50. The lowest BCUT2D eigenvalue weighted by molar-refractivity contribution is -0.132. The number of hydrogen-bond acceptors (Lipinski definition) is 3. The molecule has 0 unspecified atom stereocenters. The van der Waals surface area contributed by atoms with Crippen molar-refractivity contribution in [2.24, 2.45) is 5.73 Å². The molecule has 1 saturated heterocycles. The van der Waals surface area contributed by atoms with Crippen LogP contribution in [0, 0.1) is 0 Å². The largest absolute Gasteiger partial charge is 0.449 e. The minimum absolute atomic E-state index is 0.0177. The van der Waals surface area contributed by atoms with Crippen LogP contribution in [0.15, 0.2) is 0 Å². The predicted molar refractivity (Wildman–Crippen MR) is 56.8 cm³/mol. The molecule has 0 aromatic carbocycles. The minimum Gasteiger partial charge on any atom is -0.449 e. The number of carbonyl (C=O) groups is 1. The lowest BCUT2D eigenvalue weighted by Gasteiger charge is -2.27. The molecule has 1 amide bonds. The van der Waals surface area contributed by atoms with E-state index in [0.717, 1.165) is 19.4 Å². The van der Waals surface area contributed by atoms with Gasteiger partial charge in [-0.2, -0.15) is 0 Å². The monoisotopic (exact) mass is 198 g/mol. The summed E-state index contributed by atoms with van der Waals surface area (Å²) in [6, 6.07) is -0.408. The fourth-order valence-corrected chi connectivity index (χ4v) is 1.96. The Morgan fingerprint density at radius 2 is 2.43 bits per heavy atom. The maximum absolute atomic E-state index is 11.8. The van der Waals surface area contributed by atoms with E-state index in [1.165, 1.54) is 0 Å². The van der Waals surface area contributed by atoms with Crippen LogP contribution in [0.1, 0.15) is 26.2 Å². The first-order valence-corrected chi connectivity index (χ1v) is 5.32. The van der Waals surface area contributed by atoms with Gasteiger partial charge in [-0.15, -0.1) is 0 Å². The summed E-state index contributed by atoms with van der Waals surface area (Å²) in [4.78, 5) is 13.5. The third-order valence-electron chi connectivity index (χ3n) is 2.90. The van der Waals surface area contributed by atoms with Crippen molar-refractivity contribution in [2.75, 3.05) is 6.54 Å². The van der Waals surface area contributed by atoms with Gasteiger partial charge in [0.25, 0.3) is 0 Å². The molecule has 1 aliphatic rings. The van der Waals surface area contributed by atoms with Crippen LogP contribution >= 0.6 is 0 Å². The van der Waals surface area contributed by atoms with Gasteiger partial charge in [-0.25, -0.2) is 0 Å². The number of likely N-dealkylation sites (tertiary alicyclic amines) is 1. The van der Waals surface area contributed by atoms with Gasteiger partial charge in [-0.1, -0.05) is 13.7 Å². The summed E-state index contributed by atoms with van der Waals surface area (Å²) in [5.41, 5.74) is 5.69. The second-order valence-electron chi connectivity index (χ2n) is 4.00. The van der Waals surface area contributed by atoms with E-state index in [-0.39, 0.29) is 11.8 Å². The third kappa shape index (κ3) is 2.28. The van der Waals surface area contributed by atoms with Crippen LogP contribution in [-0.4, -0.2) is 41.3 Å². The molecule has 3 N–H and O–H groups in total. The molecule has 0 bridgehead atoms. The van der Waals surface area contributed by atoms with Gasteiger partial charge in [-0.05, 0) is 19.3 Å². The number of rotatable bonds is 3. The van der Waals surface area contributed by atoms with Gasteiger partial charge >= 0.3 is 6.92 Å². The molecule has 0 aromatic rings. The zero-order valence-corrected chi connectivity index (χ0v) is 8.94. The molecule has 0 radical (unpaired) electrons. The molecule has 1 heterocycles. The highest BCUT2D eigenvalue weighted by molar-refractivity contribution is 6.51. The topological polar surface area (TPSA) is 66.6 Å². The summed E-state index contributed by atoms with van der Waals surface area (Å²) in [6.45, 7) is 3.91. The molecule has 0 spiro atoms. The molecule has 0 aliphatic carbocycles. The van der Waals surface area contributed by atoms with Crippen LogP contribution in [0.3, 0.4) is 0 Å². The van der Waals surface area contributed by atoms with Crippen molar-refractivity contribution in [1.29, 1.82) is 0 Å². The predicted octanol–water partition coefficient (Wildman–Crippen LogP) is -0.133. The van der Waals surface area contributed by atoms with E-state index in [0.29, 0.717) is 6.42 Å². The molecule has 1 aliphatic heterocycles. The fraction of sp³-hybridized carbons (Fsp3) is 0.889. The molecule has 14 heavy (non-hydrogen) atoms. The molecule has 0 aromatic heterocycles. The van der Waals surface area contributed by atoms with Gasteiger partial charge in [0.1, 0.15) is 0 Å². The Hall–Kier alpha value is -0.545. The van der Waals surface area contributed by atoms with Crippen LogP contribution in [0.2, 0.25) is 6.82 Å². The first-order chi connectivity index (χ1) is 6.57. The van der Waals surface area contributed by atoms with Gasteiger partial charge in [0, 0.05) is 12.5 Å². The molecular formula is C9H19BN2O2. The summed E-state index contributed by atoms with van der Waals surface area (Å²) in [7, 11) is 0. The van der Waals surface area contributed by atoms with E-state index in [9.17, 15) is 9.82 Å². The summed E-state index contributed by atoms with van der Waals surface area (Å²) in [6.07, 6.45) is 2.51. The van der Waals surface area contributed by atoms with Crippen molar-refractivity contribution in [3.8, 4) is 0 Å². The molecule has 5 heteroatoms. The van der Waals surface area contributed by atoms with Crippen molar-refractivity contribution >= 4 is 12.8 Å². The highest BCUT2D eigenvalue weighted by Gasteiger charge is 2.35. The van der Waals surface area contributed by atoms with Gasteiger partial charge in [0.15, 0.2) is 0 Å². The second kappa shape index (κ2) is 4.80. The Bertz CT molecular complexity index is 211. The van der Waals surface area contributed by atoms with Crippen molar-refractivity contribution in [2.45, 2.75) is 45.0 Å². The Morgan fingerprint density at radius 3 is 2.93 bits per heavy atom. The van der Waals surface area contributed by atoms with E-state index in [4.69, 9.17) is 5.73 Å². The smallest absolute Gasteiger partial charge is 0.309 e. The van der Waals surface area contributed by atoms with Gasteiger partial charge in [-0.3, -0.25) is 4.79 Å². The summed E-state index contributed by atoms with van der Waals surface area (Å²) in [5.74, 6) is -0.0454. The van der Waals surface area contributed by atoms with Crippen molar-refractivity contribution in [3.63, 3.8) is 0 Å².